The molecule has 6 nitrogen and oxygen atoms in total. The van der Waals surface area contributed by atoms with Crippen molar-refractivity contribution < 1.29 is 9.72 Å². The quantitative estimate of drug-likeness (QED) is 0.540. The topological polar surface area (TPSA) is 66.7 Å². The highest BCUT2D eigenvalue weighted by atomic mass is 35.5. The zero-order valence-electron chi connectivity index (χ0n) is 15.2. The molecular formula is C20H22ClN3O3. The first-order valence-electron chi connectivity index (χ1n) is 9.07. The Morgan fingerprint density at radius 2 is 1.93 bits per heavy atom. The van der Waals surface area contributed by atoms with E-state index in [1.165, 1.54) is 6.07 Å². The van der Waals surface area contributed by atoms with Crippen LogP contribution in [-0.2, 0) is 6.54 Å². The lowest BCUT2D eigenvalue weighted by atomic mass is 10.1. The highest BCUT2D eigenvalue weighted by Crippen LogP contribution is 2.32. The van der Waals surface area contributed by atoms with E-state index in [1.807, 2.05) is 30.0 Å². The largest absolute Gasteiger partial charge is 0.366 e. The summed E-state index contributed by atoms with van der Waals surface area (Å²) in [6, 6.07) is 12.1. The van der Waals surface area contributed by atoms with Gasteiger partial charge in [0.25, 0.3) is 11.6 Å². The average Bonchev–Trinajstić information content (AvgIpc) is 3.21. The molecule has 1 aliphatic rings. The molecule has 1 saturated heterocycles. The van der Waals surface area contributed by atoms with E-state index in [4.69, 9.17) is 11.6 Å². The summed E-state index contributed by atoms with van der Waals surface area (Å²) in [6.45, 7) is 4.33. The van der Waals surface area contributed by atoms with Gasteiger partial charge in [0.2, 0.25) is 0 Å². The average molecular weight is 388 g/mol. The zero-order valence-corrected chi connectivity index (χ0v) is 16.0. The summed E-state index contributed by atoms with van der Waals surface area (Å²) in [5.74, 6) is -0.242. The van der Waals surface area contributed by atoms with Crippen LogP contribution in [0.3, 0.4) is 0 Å². The minimum atomic E-state index is -0.408. The van der Waals surface area contributed by atoms with Crippen LogP contribution in [0.2, 0.25) is 5.02 Å². The lowest BCUT2D eigenvalue weighted by Gasteiger charge is -2.22. The number of halogens is 1. The number of amides is 1. The second-order valence-corrected chi connectivity index (χ2v) is 6.97. The summed E-state index contributed by atoms with van der Waals surface area (Å²) >= 11 is 6.20. The fraction of sp³-hybridized carbons (Fsp3) is 0.350. The van der Waals surface area contributed by atoms with Gasteiger partial charge in [-0.05, 0) is 43.5 Å². The minimum absolute atomic E-state index is 0.0171. The Morgan fingerprint density at radius 1 is 1.22 bits per heavy atom. The maximum Gasteiger partial charge on any atom is 0.293 e. The standard InChI is InChI=1S/C20H22ClN3O3/c1-2-22(14-16-7-3-4-8-17(16)21)20(25)15-9-10-18(19(13-15)24(26)27)23-11-5-6-12-23/h3-4,7-10,13H,2,5-6,11-12,14H2,1H3. The first kappa shape index (κ1) is 19.2. The van der Waals surface area contributed by atoms with E-state index in [9.17, 15) is 14.9 Å². The van der Waals surface area contributed by atoms with Gasteiger partial charge in [0, 0.05) is 42.8 Å². The van der Waals surface area contributed by atoms with Crippen LogP contribution in [0.15, 0.2) is 42.5 Å². The molecular weight excluding hydrogens is 366 g/mol. The van der Waals surface area contributed by atoms with Crippen molar-refractivity contribution >= 4 is 28.9 Å². The van der Waals surface area contributed by atoms with E-state index >= 15 is 0 Å². The van der Waals surface area contributed by atoms with Crippen LogP contribution >= 0.6 is 11.6 Å². The number of rotatable bonds is 6. The number of carbonyl (C=O) groups is 1. The summed E-state index contributed by atoms with van der Waals surface area (Å²) < 4.78 is 0. The van der Waals surface area contributed by atoms with Gasteiger partial charge >= 0.3 is 0 Å². The number of hydrogen-bond acceptors (Lipinski definition) is 4. The van der Waals surface area contributed by atoms with Crippen LogP contribution in [0.25, 0.3) is 0 Å². The third kappa shape index (κ3) is 4.22. The molecule has 1 fully saturated rings. The number of benzene rings is 2. The summed E-state index contributed by atoms with van der Waals surface area (Å²) in [5.41, 5.74) is 1.73. The second-order valence-electron chi connectivity index (χ2n) is 6.57. The molecule has 1 amide bonds. The first-order valence-corrected chi connectivity index (χ1v) is 9.45. The van der Waals surface area contributed by atoms with Gasteiger partial charge in [-0.2, -0.15) is 0 Å². The number of carbonyl (C=O) groups excluding carboxylic acids is 1. The van der Waals surface area contributed by atoms with Crippen molar-refractivity contribution in [3.63, 3.8) is 0 Å². The number of nitrogens with zero attached hydrogens (tertiary/aromatic N) is 3. The van der Waals surface area contributed by atoms with Gasteiger partial charge in [-0.15, -0.1) is 0 Å². The molecule has 0 aromatic heterocycles. The van der Waals surface area contributed by atoms with Crippen LogP contribution in [-0.4, -0.2) is 35.4 Å². The summed E-state index contributed by atoms with van der Waals surface area (Å²) in [5, 5.41) is 12.2. The predicted octanol–water partition coefficient (Wildman–Crippen LogP) is 4.51. The molecule has 0 bridgehead atoms. The SMILES string of the molecule is CCN(Cc1ccccc1Cl)C(=O)c1ccc(N2CCCC2)c([N+](=O)[O-])c1. The fourth-order valence-corrected chi connectivity index (χ4v) is 3.57. The van der Waals surface area contributed by atoms with Crippen LogP contribution in [0, 0.1) is 10.1 Å². The van der Waals surface area contributed by atoms with Crippen molar-refractivity contribution in [2.45, 2.75) is 26.3 Å². The Kier molecular flexibility index (Phi) is 5.96. The van der Waals surface area contributed by atoms with Crippen LogP contribution in [0.4, 0.5) is 11.4 Å². The van der Waals surface area contributed by atoms with Crippen molar-refractivity contribution in [3.8, 4) is 0 Å². The van der Waals surface area contributed by atoms with Gasteiger partial charge in [-0.1, -0.05) is 29.8 Å². The maximum absolute atomic E-state index is 12.9. The summed E-state index contributed by atoms with van der Waals surface area (Å²) in [4.78, 5) is 27.7. The Hall–Kier alpha value is -2.60. The molecule has 1 aliphatic heterocycles. The Balaban J connectivity index is 1.87. The first-order chi connectivity index (χ1) is 13.0. The van der Waals surface area contributed by atoms with Crippen molar-refractivity contribution in [1.82, 2.24) is 4.90 Å². The Labute approximate surface area is 163 Å². The highest BCUT2D eigenvalue weighted by Gasteiger charge is 2.25. The minimum Gasteiger partial charge on any atom is -0.366 e. The van der Waals surface area contributed by atoms with Crippen LogP contribution in [0.1, 0.15) is 35.7 Å². The van der Waals surface area contributed by atoms with Crippen molar-refractivity contribution in [3.05, 3.63) is 68.7 Å². The molecule has 0 spiro atoms. The summed E-state index contributed by atoms with van der Waals surface area (Å²) in [6.07, 6.45) is 2.05. The Bertz CT molecular complexity index is 850. The monoisotopic (exact) mass is 387 g/mol. The van der Waals surface area contributed by atoms with E-state index in [1.54, 1.807) is 23.1 Å². The predicted molar refractivity (Wildman–Crippen MR) is 106 cm³/mol. The van der Waals surface area contributed by atoms with E-state index < -0.39 is 4.92 Å². The number of hydrogen-bond donors (Lipinski definition) is 0. The molecule has 27 heavy (non-hydrogen) atoms. The lowest BCUT2D eigenvalue weighted by Crippen LogP contribution is -2.30. The molecule has 0 unspecified atom stereocenters. The molecule has 2 aromatic rings. The maximum atomic E-state index is 12.9. The normalized spacial score (nSPS) is 13.6. The molecule has 3 rings (SSSR count). The zero-order chi connectivity index (χ0) is 19.4. The molecule has 1 heterocycles. The van der Waals surface area contributed by atoms with Crippen molar-refractivity contribution in [1.29, 1.82) is 0 Å². The van der Waals surface area contributed by atoms with Crippen LogP contribution in [0.5, 0.6) is 0 Å². The molecule has 142 valence electrons. The number of anilines is 1. The van der Waals surface area contributed by atoms with Crippen molar-refractivity contribution in [2.24, 2.45) is 0 Å². The van der Waals surface area contributed by atoms with Gasteiger partial charge in [0.05, 0.1) is 4.92 Å². The molecule has 2 aromatic carbocycles. The number of nitro benzene ring substituents is 1. The molecule has 7 heteroatoms. The van der Waals surface area contributed by atoms with Crippen molar-refractivity contribution in [2.75, 3.05) is 24.5 Å². The third-order valence-corrected chi connectivity index (χ3v) is 5.22. The molecule has 0 N–H and O–H groups in total. The van der Waals surface area contributed by atoms with E-state index in [0.717, 1.165) is 31.5 Å². The second kappa shape index (κ2) is 8.39. The van der Waals surface area contributed by atoms with Crippen LogP contribution < -0.4 is 4.90 Å². The van der Waals surface area contributed by atoms with E-state index in [0.29, 0.717) is 29.4 Å². The Morgan fingerprint density at radius 3 is 2.56 bits per heavy atom. The number of nitro groups is 1. The van der Waals surface area contributed by atoms with E-state index in [-0.39, 0.29) is 11.6 Å². The fourth-order valence-electron chi connectivity index (χ4n) is 3.37. The smallest absolute Gasteiger partial charge is 0.293 e. The van der Waals surface area contributed by atoms with Gasteiger partial charge in [0.1, 0.15) is 5.69 Å². The van der Waals surface area contributed by atoms with Gasteiger partial charge in [-0.25, -0.2) is 0 Å². The molecule has 0 atom stereocenters. The molecule has 0 aliphatic carbocycles. The van der Waals surface area contributed by atoms with Gasteiger partial charge < -0.3 is 9.80 Å². The lowest BCUT2D eigenvalue weighted by molar-refractivity contribution is -0.384. The van der Waals surface area contributed by atoms with E-state index in [2.05, 4.69) is 0 Å². The molecule has 0 saturated carbocycles. The highest BCUT2D eigenvalue weighted by molar-refractivity contribution is 6.31. The third-order valence-electron chi connectivity index (χ3n) is 4.85. The summed E-state index contributed by atoms with van der Waals surface area (Å²) in [7, 11) is 0. The molecule has 0 radical (unpaired) electrons. The van der Waals surface area contributed by atoms with Gasteiger partial charge in [0.15, 0.2) is 0 Å². The van der Waals surface area contributed by atoms with Gasteiger partial charge in [-0.3, -0.25) is 14.9 Å².